The van der Waals surface area contributed by atoms with E-state index in [-0.39, 0.29) is 0 Å². The fourth-order valence-electron chi connectivity index (χ4n) is 2.52. The number of rotatable bonds is 2. The van der Waals surface area contributed by atoms with Gasteiger partial charge in [-0.15, -0.1) is 0 Å². The van der Waals surface area contributed by atoms with E-state index in [2.05, 4.69) is 60.1 Å². The zero-order chi connectivity index (χ0) is 12.5. The van der Waals surface area contributed by atoms with Gasteiger partial charge in [-0.1, -0.05) is 37.3 Å². The molecule has 0 fully saturated rings. The molecule has 3 rings (SSSR count). The molecule has 3 aromatic rings. The number of aryl methyl sites for hydroxylation is 2. The number of aromatic nitrogens is 2. The molecule has 0 bridgehead atoms. The lowest BCUT2D eigenvalue weighted by Gasteiger charge is -2.05. The second-order valence-electron chi connectivity index (χ2n) is 4.54. The monoisotopic (exact) mass is 236 g/mol. The third kappa shape index (κ3) is 1.61. The summed E-state index contributed by atoms with van der Waals surface area (Å²) in [5.74, 6) is 0. The zero-order valence-electron chi connectivity index (χ0n) is 10.7. The molecule has 0 amide bonds. The van der Waals surface area contributed by atoms with Gasteiger partial charge in [0, 0.05) is 24.8 Å². The highest BCUT2D eigenvalue weighted by Crippen LogP contribution is 2.30. The van der Waals surface area contributed by atoms with Gasteiger partial charge < -0.3 is 4.57 Å². The average molecular weight is 236 g/mol. The summed E-state index contributed by atoms with van der Waals surface area (Å²) in [4.78, 5) is 4.50. The maximum Gasteiger partial charge on any atom is 0.140 e. The van der Waals surface area contributed by atoms with Crippen LogP contribution in [0.15, 0.2) is 48.8 Å². The Morgan fingerprint density at radius 3 is 2.61 bits per heavy atom. The molecule has 0 spiro atoms. The third-order valence-electron chi connectivity index (χ3n) is 3.40. The summed E-state index contributed by atoms with van der Waals surface area (Å²) in [5, 5.41) is 1.29. The standard InChI is InChI=1S/C16H16N2/c1-3-12-11-18(2)16-15(12)14(9-10-17-16)13-7-5-4-6-8-13/h4-11H,3H2,1-2H3. The lowest BCUT2D eigenvalue weighted by Crippen LogP contribution is -1.88. The van der Waals surface area contributed by atoms with Crippen LogP contribution in [0.2, 0.25) is 0 Å². The van der Waals surface area contributed by atoms with Crippen molar-refractivity contribution < 1.29 is 0 Å². The van der Waals surface area contributed by atoms with Gasteiger partial charge in [-0.2, -0.15) is 0 Å². The molecule has 2 nitrogen and oxygen atoms in total. The van der Waals surface area contributed by atoms with Crippen molar-refractivity contribution in [2.75, 3.05) is 0 Å². The van der Waals surface area contributed by atoms with Crippen LogP contribution in [0, 0.1) is 0 Å². The molecule has 1 aromatic carbocycles. The topological polar surface area (TPSA) is 17.8 Å². The molecule has 0 atom stereocenters. The second-order valence-corrected chi connectivity index (χ2v) is 4.54. The quantitative estimate of drug-likeness (QED) is 0.661. The van der Waals surface area contributed by atoms with Crippen LogP contribution >= 0.6 is 0 Å². The van der Waals surface area contributed by atoms with Gasteiger partial charge in [0.05, 0.1) is 0 Å². The van der Waals surface area contributed by atoms with Crippen molar-refractivity contribution in [3.05, 3.63) is 54.4 Å². The van der Waals surface area contributed by atoms with Crippen molar-refractivity contribution in [2.45, 2.75) is 13.3 Å². The first-order valence-electron chi connectivity index (χ1n) is 6.29. The maximum atomic E-state index is 4.50. The Labute approximate surface area is 107 Å². The van der Waals surface area contributed by atoms with Crippen LogP contribution in [0.4, 0.5) is 0 Å². The fourth-order valence-corrected chi connectivity index (χ4v) is 2.52. The number of nitrogens with zero attached hydrogens (tertiary/aromatic N) is 2. The van der Waals surface area contributed by atoms with Crippen LogP contribution in [0.5, 0.6) is 0 Å². The molecular weight excluding hydrogens is 220 g/mol. The first-order valence-corrected chi connectivity index (χ1v) is 6.29. The number of benzene rings is 1. The third-order valence-corrected chi connectivity index (χ3v) is 3.40. The van der Waals surface area contributed by atoms with Gasteiger partial charge in [0.15, 0.2) is 0 Å². The van der Waals surface area contributed by atoms with E-state index in [1.165, 1.54) is 22.1 Å². The van der Waals surface area contributed by atoms with Crippen molar-refractivity contribution >= 4 is 11.0 Å². The van der Waals surface area contributed by atoms with E-state index in [1.54, 1.807) is 0 Å². The van der Waals surface area contributed by atoms with E-state index in [9.17, 15) is 0 Å². The minimum Gasteiger partial charge on any atom is -0.335 e. The molecule has 0 aliphatic carbocycles. The average Bonchev–Trinajstić information content (AvgIpc) is 2.77. The van der Waals surface area contributed by atoms with Gasteiger partial charge in [-0.3, -0.25) is 0 Å². The molecule has 2 heteroatoms. The Morgan fingerprint density at radius 2 is 1.89 bits per heavy atom. The lowest BCUT2D eigenvalue weighted by molar-refractivity contribution is 0.937. The van der Waals surface area contributed by atoms with Crippen LogP contribution in [0.3, 0.4) is 0 Å². The molecule has 18 heavy (non-hydrogen) atoms. The zero-order valence-corrected chi connectivity index (χ0v) is 10.7. The Morgan fingerprint density at radius 1 is 1.11 bits per heavy atom. The number of hydrogen-bond acceptors (Lipinski definition) is 1. The predicted molar refractivity (Wildman–Crippen MR) is 75.5 cm³/mol. The summed E-state index contributed by atoms with van der Waals surface area (Å²) in [7, 11) is 2.06. The Kier molecular flexibility index (Phi) is 2.63. The smallest absolute Gasteiger partial charge is 0.140 e. The second kappa shape index (κ2) is 4.30. The van der Waals surface area contributed by atoms with E-state index in [1.807, 2.05) is 12.3 Å². The molecule has 0 radical (unpaired) electrons. The minimum atomic E-state index is 1.03. The van der Waals surface area contributed by atoms with Crippen LogP contribution in [0.1, 0.15) is 12.5 Å². The van der Waals surface area contributed by atoms with Gasteiger partial charge in [0.1, 0.15) is 5.65 Å². The molecule has 0 N–H and O–H groups in total. The highest BCUT2D eigenvalue weighted by atomic mass is 15.0. The molecule has 0 saturated carbocycles. The summed E-state index contributed by atoms with van der Waals surface area (Å²) in [6, 6.07) is 12.6. The highest BCUT2D eigenvalue weighted by Gasteiger charge is 2.11. The van der Waals surface area contributed by atoms with Gasteiger partial charge in [0.2, 0.25) is 0 Å². The molecule has 2 aromatic heterocycles. The molecule has 0 aliphatic heterocycles. The Balaban J connectivity index is 2.36. The van der Waals surface area contributed by atoms with Crippen molar-refractivity contribution in [3.8, 4) is 11.1 Å². The minimum absolute atomic E-state index is 1.03. The molecule has 0 saturated heterocycles. The Hall–Kier alpha value is -2.09. The molecule has 0 aliphatic rings. The van der Waals surface area contributed by atoms with E-state index >= 15 is 0 Å². The maximum absolute atomic E-state index is 4.50. The van der Waals surface area contributed by atoms with Gasteiger partial charge in [-0.25, -0.2) is 4.98 Å². The first-order chi connectivity index (χ1) is 8.81. The summed E-state index contributed by atoms with van der Waals surface area (Å²) >= 11 is 0. The molecule has 0 unspecified atom stereocenters. The van der Waals surface area contributed by atoms with Crippen LogP contribution in [0.25, 0.3) is 22.2 Å². The predicted octanol–water partition coefficient (Wildman–Crippen LogP) is 3.80. The van der Waals surface area contributed by atoms with Crippen molar-refractivity contribution in [2.24, 2.45) is 7.05 Å². The molecule has 90 valence electrons. The van der Waals surface area contributed by atoms with Crippen molar-refractivity contribution in [1.29, 1.82) is 0 Å². The SMILES string of the molecule is CCc1cn(C)c2nccc(-c3ccccc3)c12. The molecule has 2 heterocycles. The normalized spacial score (nSPS) is 11.0. The van der Waals surface area contributed by atoms with Crippen LogP contribution in [-0.2, 0) is 13.5 Å². The van der Waals surface area contributed by atoms with Gasteiger partial charge >= 0.3 is 0 Å². The van der Waals surface area contributed by atoms with Gasteiger partial charge in [0.25, 0.3) is 0 Å². The largest absolute Gasteiger partial charge is 0.335 e. The lowest BCUT2D eigenvalue weighted by atomic mass is 10.0. The summed E-state index contributed by atoms with van der Waals surface area (Å²) in [6.07, 6.45) is 5.11. The first kappa shape index (κ1) is 11.0. The van der Waals surface area contributed by atoms with E-state index < -0.39 is 0 Å². The van der Waals surface area contributed by atoms with Crippen molar-refractivity contribution in [3.63, 3.8) is 0 Å². The number of hydrogen-bond donors (Lipinski definition) is 0. The van der Waals surface area contributed by atoms with Crippen molar-refractivity contribution in [1.82, 2.24) is 9.55 Å². The van der Waals surface area contributed by atoms with E-state index in [4.69, 9.17) is 0 Å². The summed E-state index contributed by atoms with van der Waals surface area (Å²) < 4.78 is 2.11. The van der Waals surface area contributed by atoms with E-state index in [0.29, 0.717) is 0 Å². The summed E-state index contributed by atoms with van der Waals surface area (Å²) in [6.45, 7) is 2.19. The van der Waals surface area contributed by atoms with Crippen LogP contribution in [-0.4, -0.2) is 9.55 Å². The number of pyridine rings is 1. The Bertz CT molecular complexity index is 681. The van der Waals surface area contributed by atoms with Gasteiger partial charge in [-0.05, 0) is 29.2 Å². The molecular formula is C16H16N2. The highest BCUT2D eigenvalue weighted by molar-refractivity contribution is 5.95. The number of fused-ring (bicyclic) bond motifs is 1. The summed E-state index contributed by atoms with van der Waals surface area (Å²) in [5.41, 5.74) is 4.96. The van der Waals surface area contributed by atoms with Crippen LogP contribution < -0.4 is 0 Å². The fraction of sp³-hybridized carbons (Fsp3) is 0.188. The van der Waals surface area contributed by atoms with E-state index in [0.717, 1.165) is 12.1 Å².